The van der Waals surface area contributed by atoms with Gasteiger partial charge in [-0.1, -0.05) is 29.0 Å². The van der Waals surface area contributed by atoms with Gasteiger partial charge in [0.15, 0.2) is 5.13 Å². The molecule has 0 unspecified atom stereocenters. The topological polar surface area (TPSA) is 88.8 Å². The van der Waals surface area contributed by atoms with Gasteiger partial charge < -0.3 is 4.74 Å². The van der Waals surface area contributed by atoms with Gasteiger partial charge in [0.25, 0.3) is 11.6 Å². The number of morpholine rings is 1. The summed E-state index contributed by atoms with van der Waals surface area (Å²) in [4.78, 5) is 32.6. The fourth-order valence-electron chi connectivity index (χ4n) is 3.52. The highest BCUT2D eigenvalue weighted by Gasteiger charge is 2.24. The number of non-ortho nitro benzene ring substituents is 1. The third-order valence-electron chi connectivity index (χ3n) is 5.16. The molecule has 0 aliphatic carbocycles. The van der Waals surface area contributed by atoms with Crippen LogP contribution in [-0.4, -0.2) is 60.1 Å². The summed E-state index contributed by atoms with van der Waals surface area (Å²) in [5.41, 5.74) is 1.87. The predicted molar refractivity (Wildman–Crippen MR) is 121 cm³/mol. The number of anilines is 1. The first-order valence-electron chi connectivity index (χ1n) is 9.85. The molecule has 0 spiro atoms. The molecule has 1 fully saturated rings. The molecule has 10 heteroatoms. The molecule has 4 rings (SSSR count). The van der Waals surface area contributed by atoms with Crippen molar-refractivity contribution in [2.45, 2.75) is 6.92 Å². The molecule has 1 saturated heterocycles. The lowest BCUT2D eigenvalue weighted by molar-refractivity contribution is -0.384. The Morgan fingerprint density at radius 1 is 1.32 bits per heavy atom. The first-order chi connectivity index (χ1) is 14.9. The molecule has 2 heterocycles. The molecule has 1 aliphatic heterocycles. The van der Waals surface area contributed by atoms with E-state index in [2.05, 4.69) is 4.90 Å². The number of aromatic nitrogens is 1. The second-order valence-corrected chi connectivity index (χ2v) is 8.73. The lowest BCUT2D eigenvalue weighted by atomic mass is 10.2. The number of rotatable bonds is 6. The fraction of sp³-hybridized carbons (Fsp3) is 0.333. The summed E-state index contributed by atoms with van der Waals surface area (Å²) in [6, 6.07) is 9.47. The van der Waals surface area contributed by atoms with Crippen LogP contribution in [0.4, 0.5) is 10.8 Å². The molecule has 0 N–H and O–H groups in total. The second-order valence-electron chi connectivity index (χ2n) is 7.28. The molecule has 1 aliphatic rings. The Balaban J connectivity index is 1.68. The number of fused-ring (bicyclic) bond motifs is 1. The number of hydrogen-bond acceptors (Lipinski definition) is 7. The average molecular weight is 461 g/mol. The van der Waals surface area contributed by atoms with E-state index in [1.54, 1.807) is 11.0 Å². The van der Waals surface area contributed by atoms with E-state index in [1.807, 2.05) is 19.1 Å². The van der Waals surface area contributed by atoms with Gasteiger partial charge in [-0.2, -0.15) is 0 Å². The van der Waals surface area contributed by atoms with Crippen LogP contribution in [0.25, 0.3) is 10.2 Å². The average Bonchev–Trinajstić information content (AvgIpc) is 3.18. The molecule has 1 aromatic heterocycles. The van der Waals surface area contributed by atoms with Gasteiger partial charge in [0.2, 0.25) is 0 Å². The molecule has 0 atom stereocenters. The summed E-state index contributed by atoms with van der Waals surface area (Å²) >= 11 is 7.58. The van der Waals surface area contributed by atoms with Crippen molar-refractivity contribution in [3.8, 4) is 0 Å². The highest BCUT2D eigenvalue weighted by molar-refractivity contribution is 7.22. The number of hydrogen-bond donors (Lipinski definition) is 0. The number of nitrogens with zero attached hydrogens (tertiary/aromatic N) is 4. The SMILES string of the molecule is Cc1cc(Cl)cc2sc(N(CCN3CCOCC3)C(=O)c3cccc([N+](=O)[O-])c3)nc12. The van der Waals surface area contributed by atoms with Crippen LogP contribution < -0.4 is 4.90 Å². The Morgan fingerprint density at radius 3 is 2.84 bits per heavy atom. The maximum Gasteiger partial charge on any atom is 0.270 e. The van der Waals surface area contributed by atoms with Crippen LogP contribution >= 0.6 is 22.9 Å². The van der Waals surface area contributed by atoms with Gasteiger partial charge in [-0.3, -0.25) is 24.7 Å². The van der Waals surface area contributed by atoms with Crippen molar-refractivity contribution in [2.75, 3.05) is 44.3 Å². The maximum absolute atomic E-state index is 13.4. The molecule has 1 amide bonds. The van der Waals surface area contributed by atoms with Gasteiger partial charge >= 0.3 is 0 Å². The molecular formula is C21H21ClN4O4S. The zero-order valence-electron chi connectivity index (χ0n) is 16.9. The van der Waals surface area contributed by atoms with E-state index in [4.69, 9.17) is 21.3 Å². The summed E-state index contributed by atoms with van der Waals surface area (Å²) in [5, 5.41) is 12.3. The quantitative estimate of drug-likeness (QED) is 0.405. The lowest BCUT2D eigenvalue weighted by Gasteiger charge is -2.29. The minimum Gasteiger partial charge on any atom is -0.379 e. The summed E-state index contributed by atoms with van der Waals surface area (Å²) in [6.45, 7) is 5.92. The number of aryl methyl sites for hydroxylation is 1. The van der Waals surface area contributed by atoms with Crippen molar-refractivity contribution in [1.82, 2.24) is 9.88 Å². The highest BCUT2D eigenvalue weighted by Crippen LogP contribution is 2.33. The van der Waals surface area contributed by atoms with Gasteiger partial charge in [0.05, 0.1) is 28.4 Å². The standard InChI is InChI=1S/C21H21ClN4O4S/c1-14-11-16(22)13-18-19(14)23-21(31-18)25(6-5-24-7-9-30-10-8-24)20(27)15-3-2-4-17(12-15)26(28)29/h2-4,11-13H,5-10H2,1H3. The smallest absolute Gasteiger partial charge is 0.270 e. The number of thiazole rings is 1. The Hall–Kier alpha value is -2.59. The molecule has 0 radical (unpaired) electrons. The number of benzene rings is 2. The first kappa shape index (κ1) is 21.6. The van der Waals surface area contributed by atoms with Crippen LogP contribution in [0.15, 0.2) is 36.4 Å². The summed E-state index contributed by atoms with van der Waals surface area (Å²) in [5.74, 6) is -0.320. The van der Waals surface area contributed by atoms with E-state index >= 15 is 0 Å². The summed E-state index contributed by atoms with van der Waals surface area (Å²) < 4.78 is 6.29. The third-order valence-corrected chi connectivity index (χ3v) is 6.41. The van der Waals surface area contributed by atoms with Crippen LogP contribution in [-0.2, 0) is 4.74 Å². The van der Waals surface area contributed by atoms with Gasteiger partial charge in [-0.05, 0) is 30.7 Å². The van der Waals surface area contributed by atoms with Crippen molar-refractivity contribution in [1.29, 1.82) is 0 Å². The summed E-state index contributed by atoms with van der Waals surface area (Å²) in [7, 11) is 0. The maximum atomic E-state index is 13.4. The Labute approximate surface area is 188 Å². The third kappa shape index (κ3) is 4.85. The number of amides is 1. The monoisotopic (exact) mass is 460 g/mol. The number of halogens is 1. The highest BCUT2D eigenvalue weighted by atomic mass is 35.5. The lowest BCUT2D eigenvalue weighted by Crippen LogP contribution is -2.43. The number of carbonyl (C=O) groups excluding carboxylic acids is 1. The molecule has 0 saturated carbocycles. The van der Waals surface area contributed by atoms with E-state index in [1.165, 1.54) is 29.5 Å². The van der Waals surface area contributed by atoms with Gasteiger partial charge in [0, 0.05) is 48.9 Å². The molecule has 8 nitrogen and oxygen atoms in total. The Morgan fingerprint density at radius 2 is 2.10 bits per heavy atom. The van der Waals surface area contributed by atoms with E-state index < -0.39 is 4.92 Å². The van der Waals surface area contributed by atoms with Crippen molar-refractivity contribution in [3.63, 3.8) is 0 Å². The van der Waals surface area contributed by atoms with Crippen LogP contribution in [0, 0.1) is 17.0 Å². The van der Waals surface area contributed by atoms with Crippen molar-refractivity contribution >= 4 is 49.9 Å². The zero-order valence-corrected chi connectivity index (χ0v) is 18.5. The second kappa shape index (κ2) is 9.27. The number of nitro benzene ring substituents is 1. The minimum atomic E-state index is -0.502. The Bertz CT molecular complexity index is 1130. The van der Waals surface area contributed by atoms with E-state index in [-0.39, 0.29) is 17.2 Å². The number of ether oxygens (including phenoxy) is 1. The number of carbonyl (C=O) groups is 1. The van der Waals surface area contributed by atoms with E-state index in [0.29, 0.717) is 36.5 Å². The van der Waals surface area contributed by atoms with Gasteiger partial charge in [-0.25, -0.2) is 4.98 Å². The molecule has 31 heavy (non-hydrogen) atoms. The molecule has 2 aromatic carbocycles. The first-order valence-corrected chi connectivity index (χ1v) is 11.0. The van der Waals surface area contributed by atoms with Crippen molar-refractivity contribution in [3.05, 3.63) is 62.7 Å². The molecular weight excluding hydrogens is 440 g/mol. The van der Waals surface area contributed by atoms with Crippen LogP contribution in [0.5, 0.6) is 0 Å². The summed E-state index contributed by atoms with van der Waals surface area (Å²) in [6.07, 6.45) is 0. The van der Waals surface area contributed by atoms with Crippen molar-refractivity contribution < 1.29 is 14.5 Å². The number of nitro groups is 1. The van der Waals surface area contributed by atoms with Crippen LogP contribution in [0.1, 0.15) is 15.9 Å². The Kier molecular flexibility index (Phi) is 6.47. The van der Waals surface area contributed by atoms with Crippen LogP contribution in [0.2, 0.25) is 5.02 Å². The normalized spacial score (nSPS) is 14.6. The largest absolute Gasteiger partial charge is 0.379 e. The fourth-order valence-corrected chi connectivity index (χ4v) is 4.96. The van der Waals surface area contributed by atoms with E-state index in [0.717, 1.165) is 28.9 Å². The van der Waals surface area contributed by atoms with E-state index in [9.17, 15) is 14.9 Å². The van der Waals surface area contributed by atoms with Crippen molar-refractivity contribution in [2.24, 2.45) is 0 Å². The van der Waals surface area contributed by atoms with Gasteiger partial charge in [0.1, 0.15) is 0 Å². The van der Waals surface area contributed by atoms with Crippen LogP contribution in [0.3, 0.4) is 0 Å². The predicted octanol–water partition coefficient (Wildman–Crippen LogP) is 4.15. The zero-order chi connectivity index (χ0) is 22.0. The molecule has 0 bridgehead atoms. The minimum absolute atomic E-state index is 0.120. The van der Waals surface area contributed by atoms with Gasteiger partial charge in [-0.15, -0.1) is 0 Å². The molecule has 3 aromatic rings. The molecule has 162 valence electrons.